The highest BCUT2D eigenvalue weighted by Gasteiger charge is 2.20. The van der Waals surface area contributed by atoms with Gasteiger partial charge in [0.1, 0.15) is 11.2 Å². The Bertz CT molecular complexity index is 3240. The average Bonchev–Trinajstić information content (AvgIpc) is 3.62. The number of para-hydroxylation sites is 1. The van der Waals surface area contributed by atoms with Crippen molar-refractivity contribution in [3.63, 3.8) is 0 Å². The van der Waals surface area contributed by atoms with Crippen molar-refractivity contribution in [2.75, 3.05) is 0 Å². The minimum absolute atomic E-state index is 0.601. The van der Waals surface area contributed by atoms with E-state index in [1.165, 1.54) is 32.7 Å². The molecular formula is C49H29N3O. The molecule has 0 unspecified atom stereocenters. The lowest BCUT2D eigenvalue weighted by Gasteiger charge is -2.16. The van der Waals surface area contributed by atoms with E-state index in [0.717, 1.165) is 60.2 Å². The van der Waals surface area contributed by atoms with Gasteiger partial charge in [-0.3, -0.25) is 0 Å². The highest BCUT2D eigenvalue weighted by molar-refractivity contribution is 6.23. The number of hydrogen-bond donors (Lipinski definition) is 0. The van der Waals surface area contributed by atoms with Gasteiger partial charge in [0.2, 0.25) is 0 Å². The van der Waals surface area contributed by atoms with E-state index < -0.39 is 0 Å². The van der Waals surface area contributed by atoms with Gasteiger partial charge in [0.05, 0.1) is 0 Å². The van der Waals surface area contributed by atoms with Gasteiger partial charge in [0.15, 0.2) is 17.5 Å². The molecule has 0 atom stereocenters. The molecule has 0 aliphatic carbocycles. The number of fused-ring (bicyclic) bond motifs is 9. The Hall–Kier alpha value is -7.17. The third kappa shape index (κ3) is 4.73. The number of aromatic nitrogens is 3. The fourth-order valence-electron chi connectivity index (χ4n) is 8.03. The minimum Gasteiger partial charge on any atom is -0.456 e. The Morgan fingerprint density at radius 1 is 0.302 bits per heavy atom. The van der Waals surface area contributed by atoms with Gasteiger partial charge < -0.3 is 4.42 Å². The molecule has 0 radical (unpaired) electrons. The zero-order valence-electron chi connectivity index (χ0n) is 28.5. The maximum absolute atomic E-state index is 6.31. The summed E-state index contributed by atoms with van der Waals surface area (Å²) in [5.41, 5.74) is 6.84. The van der Waals surface area contributed by atoms with Gasteiger partial charge >= 0.3 is 0 Å². The van der Waals surface area contributed by atoms with Crippen molar-refractivity contribution in [3.8, 4) is 45.3 Å². The topological polar surface area (TPSA) is 51.8 Å². The minimum atomic E-state index is 0.601. The first-order valence-corrected chi connectivity index (χ1v) is 17.9. The van der Waals surface area contributed by atoms with E-state index in [1.807, 2.05) is 30.3 Å². The number of nitrogens with zero attached hydrogens (tertiary/aromatic N) is 3. The van der Waals surface area contributed by atoms with Crippen LogP contribution in [0.25, 0.3) is 110 Å². The maximum atomic E-state index is 6.31. The van der Waals surface area contributed by atoms with Crippen molar-refractivity contribution in [1.29, 1.82) is 0 Å². The largest absolute Gasteiger partial charge is 0.456 e. The van der Waals surface area contributed by atoms with E-state index >= 15 is 0 Å². The van der Waals surface area contributed by atoms with Crippen LogP contribution in [-0.2, 0) is 0 Å². The molecule has 0 saturated carbocycles. The molecule has 4 heteroatoms. The van der Waals surface area contributed by atoms with Crippen LogP contribution in [0.4, 0.5) is 0 Å². The molecule has 0 aliphatic rings. The van der Waals surface area contributed by atoms with E-state index in [4.69, 9.17) is 19.4 Å². The first-order chi connectivity index (χ1) is 26.3. The summed E-state index contributed by atoms with van der Waals surface area (Å²) in [5.74, 6) is 1.84. The van der Waals surface area contributed by atoms with Crippen molar-refractivity contribution in [1.82, 2.24) is 15.0 Å². The summed E-state index contributed by atoms with van der Waals surface area (Å²) in [7, 11) is 0. The standard InChI is InChI=1S/C49H29N3O/c1-2-14-31(15-3-1)40-28-41-36-19-8-9-20-37(36)43(29-42(41)35-18-7-6-17-34(35)40)49-51-47(33-26-25-30-13-4-5-16-32(30)27-33)50-48(52-49)39-22-12-24-45-46(39)38-21-10-11-23-44(38)53-45/h1-29H. The maximum Gasteiger partial charge on any atom is 0.164 e. The highest BCUT2D eigenvalue weighted by Crippen LogP contribution is 2.42. The molecule has 0 saturated heterocycles. The van der Waals surface area contributed by atoms with Gasteiger partial charge in [-0.25, -0.2) is 15.0 Å². The summed E-state index contributed by atoms with van der Waals surface area (Å²) >= 11 is 0. The molecule has 2 aromatic heterocycles. The molecule has 53 heavy (non-hydrogen) atoms. The van der Waals surface area contributed by atoms with Gasteiger partial charge in [-0.1, -0.05) is 146 Å². The summed E-state index contributed by atoms with van der Waals surface area (Å²) < 4.78 is 6.31. The van der Waals surface area contributed by atoms with Crippen LogP contribution in [0.1, 0.15) is 0 Å². The Morgan fingerprint density at radius 2 is 0.868 bits per heavy atom. The van der Waals surface area contributed by atoms with E-state index in [2.05, 4.69) is 146 Å². The molecular weight excluding hydrogens is 647 g/mol. The number of rotatable bonds is 4. The van der Waals surface area contributed by atoms with Crippen LogP contribution in [-0.4, -0.2) is 15.0 Å². The molecule has 0 bridgehead atoms. The van der Waals surface area contributed by atoms with Crippen LogP contribution in [0, 0.1) is 0 Å². The molecule has 0 fully saturated rings. The molecule has 11 aromatic rings. The third-order valence-electron chi connectivity index (χ3n) is 10.5. The highest BCUT2D eigenvalue weighted by atomic mass is 16.3. The van der Waals surface area contributed by atoms with Crippen molar-refractivity contribution < 1.29 is 4.42 Å². The Morgan fingerprint density at radius 3 is 1.64 bits per heavy atom. The summed E-state index contributed by atoms with van der Waals surface area (Å²) in [6, 6.07) is 61.7. The van der Waals surface area contributed by atoms with Gasteiger partial charge in [0, 0.05) is 27.5 Å². The Balaban J connectivity index is 1.23. The van der Waals surface area contributed by atoms with Crippen molar-refractivity contribution in [2.45, 2.75) is 0 Å². The first-order valence-electron chi connectivity index (χ1n) is 17.9. The smallest absolute Gasteiger partial charge is 0.164 e. The van der Waals surface area contributed by atoms with E-state index in [1.54, 1.807) is 0 Å². The molecule has 2 heterocycles. The first kappa shape index (κ1) is 29.5. The van der Waals surface area contributed by atoms with Crippen LogP contribution >= 0.6 is 0 Å². The Labute approximate surface area is 304 Å². The second-order valence-corrected chi connectivity index (χ2v) is 13.5. The van der Waals surface area contributed by atoms with E-state index in [-0.39, 0.29) is 0 Å². The fraction of sp³-hybridized carbons (Fsp3) is 0. The quantitative estimate of drug-likeness (QED) is 0.174. The molecule has 9 aromatic carbocycles. The lowest BCUT2D eigenvalue weighted by molar-refractivity contribution is 0.669. The molecule has 11 rings (SSSR count). The fourth-order valence-corrected chi connectivity index (χ4v) is 8.03. The summed E-state index contributed by atoms with van der Waals surface area (Å²) in [6.07, 6.45) is 0. The predicted molar refractivity (Wildman–Crippen MR) is 219 cm³/mol. The van der Waals surface area contributed by atoms with Gasteiger partial charge in [-0.15, -0.1) is 0 Å². The van der Waals surface area contributed by atoms with Crippen LogP contribution in [0.2, 0.25) is 0 Å². The SMILES string of the molecule is c1ccc(-c2cc3c4ccccc4c(-c4nc(-c5ccc6ccccc6c5)nc(-c5cccc6oc7ccccc7c56)n4)cc3c3ccccc23)cc1. The molecule has 0 N–H and O–H groups in total. The van der Waals surface area contributed by atoms with Gasteiger partial charge in [-0.2, -0.15) is 0 Å². The van der Waals surface area contributed by atoms with Crippen LogP contribution < -0.4 is 0 Å². The summed E-state index contributed by atoms with van der Waals surface area (Å²) in [4.78, 5) is 15.8. The van der Waals surface area contributed by atoms with Crippen LogP contribution in [0.15, 0.2) is 180 Å². The van der Waals surface area contributed by atoms with Crippen molar-refractivity contribution in [3.05, 3.63) is 176 Å². The van der Waals surface area contributed by atoms with Crippen LogP contribution in [0.3, 0.4) is 0 Å². The van der Waals surface area contributed by atoms with Gasteiger partial charge in [0.25, 0.3) is 0 Å². The third-order valence-corrected chi connectivity index (χ3v) is 10.5. The monoisotopic (exact) mass is 675 g/mol. The van der Waals surface area contributed by atoms with Gasteiger partial charge in [-0.05, 0) is 84.5 Å². The molecule has 0 amide bonds. The lowest BCUT2D eigenvalue weighted by atomic mass is 9.89. The lowest BCUT2D eigenvalue weighted by Crippen LogP contribution is -2.01. The van der Waals surface area contributed by atoms with E-state index in [9.17, 15) is 0 Å². The van der Waals surface area contributed by atoms with Crippen molar-refractivity contribution in [2.24, 2.45) is 0 Å². The molecule has 0 aliphatic heterocycles. The molecule has 246 valence electrons. The second kappa shape index (κ2) is 11.7. The number of furan rings is 1. The van der Waals surface area contributed by atoms with Crippen LogP contribution in [0.5, 0.6) is 0 Å². The summed E-state index contributed by atoms with van der Waals surface area (Å²) in [5, 5.41) is 11.3. The predicted octanol–water partition coefficient (Wildman–Crippen LogP) is 13.1. The zero-order chi connectivity index (χ0) is 34.9. The summed E-state index contributed by atoms with van der Waals surface area (Å²) in [6.45, 7) is 0. The molecule has 0 spiro atoms. The zero-order valence-corrected chi connectivity index (χ0v) is 28.5. The number of hydrogen-bond acceptors (Lipinski definition) is 4. The second-order valence-electron chi connectivity index (χ2n) is 13.5. The Kier molecular flexibility index (Phi) is 6.52. The molecule has 4 nitrogen and oxygen atoms in total. The van der Waals surface area contributed by atoms with Crippen molar-refractivity contribution >= 4 is 65.0 Å². The number of benzene rings is 9. The van der Waals surface area contributed by atoms with E-state index in [0.29, 0.717) is 17.5 Å². The average molecular weight is 676 g/mol. The normalized spacial score (nSPS) is 11.8.